The zero-order chi connectivity index (χ0) is 11.1. The highest BCUT2D eigenvalue weighted by Gasteiger charge is 2.27. The van der Waals surface area contributed by atoms with Gasteiger partial charge in [-0.1, -0.05) is 13.8 Å². The summed E-state index contributed by atoms with van der Waals surface area (Å²) < 4.78 is 0. The van der Waals surface area contributed by atoms with Gasteiger partial charge in [0.15, 0.2) is 0 Å². The molecule has 0 amide bonds. The van der Waals surface area contributed by atoms with Crippen LogP contribution in [0, 0.1) is 0 Å². The number of nitrogens with zero attached hydrogens (tertiary/aromatic N) is 1. The lowest BCUT2D eigenvalue weighted by atomic mass is 9.96. The molecule has 15 heavy (non-hydrogen) atoms. The van der Waals surface area contributed by atoms with Gasteiger partial charge in [-0.3, -0.25) is 0 Å². The Balaban J connectivity index is 2.18. The molecule has 1 N–H and O–H groups in total. The van der Waals surface area contributed by atoms with E-state index in [-0.39, 0.29) is 0 Å². The van der Waals surface area contributed by atoms with Crippen LogP contribution < -0.4 is 5.32 Å². The number of piperazine rings is 1. The zero-order valence-electron chi connectivity index (χ0n) is 10.5. The van der Waals surface area contributed by atoms with Gasteiger partial charge in [0, 0.05) is 25.2 Å². The minimum Gasteiger partial charge on any atom is -0.309 e. The molecule has 90 valence electrons. The molecule has 1 aliphatic rings. The number of nitrogens with one attached hydrogen (secondary N) is 1. The fourth-order valence-corrected chi connectivity index (χ4v) is 2.73. The molecule has 0 bridgehead atoms. The molecular weight excluding hydrogens is 204 g/mol. The van der Waals surface area contributed by atoms with Crippen molar-refractivity contribution in [3.8, 4) is 0 Å². The lowest BCUT2D eigenvalue weighted by Crippen LogP contribution is -2.58. The van der Waals surface area contributed by atoms with E-state index in [0.717, 1.165) is 6.54 Å². The first-order chi connectivity index (χ1) is 7.20. The van der Waals surface area contributed by atoms with Gasteiger partial charge in [-0.25, -0.2) is 0 Å². The second-order valence-electron chi connectivity index (χ2n) is 4.67. The molecule has 1 fully saturated rings. The molecule has 1 saturated heterocycles. The van der Waals surface area contributed by atoms with E-state index in [1.54, 1.807) is 0 Å². The van der Waals surface area contributed by atoms with Crippen LogP contribution in [-0.4, -0.2) is 48.1 Å². The monoisotopic (exact) mass is 230 g/mol. The van der Waals surface area contributed by atoms with E-state index in [9.17, 15) is 0 Å². The van der Waals surface area contributed by atoms with Crippen molar-refractivity contribution in [2.45, 2.75) is 39.2 Å². The van der Waals surface area contributed by atoms with E-state index >= 15 is 0 Å². The third-order valence-electron chi connectivity index (χ3n) is 3.30. The quantitative estimate of drug-likeness (QED) is 0.704. The molecule has 0 aromatic carbocycles. The normalized spacial score (nSPS) is 28.2. The number of hydrogen-bond donors (Lipinski definition) is 1. The van der Waals surface area contributed by atoms with Crippen molar-refractivity contribution >= 4 is 11.8 Å². The molecule has 1 unspecified atom stereocenters. The van der Waals surface area contributed by atoms with E-state index in [1.807, 2.05) is 0 Å². The number of thioether (sulfide) groups is 1. The first kappa shape index (κ1) is 13.3. The number of hydrogen-bond acceptors (Lipinski definition) is 3. The Kier molecular flexibility index (Phi) is 6.02. The van der Waals surface area contributed by atoms with Crippen molar-refractivity contribution in [1.29, 1.82) is 0 Å². The van der Waals surface area contributed by atoms with Crippen LogP contribution in [0.4, 0.5) is 0 Å². The van der Waals surface area contributed by atoms with Crippen molar-refractivity contribution in [2.75, 3.05) is 37.7 Å². The fourth-order valence-electron chi connectivity index (χ4n) is 2.11. The lowest BCUT2D eigenvalue weighted by Gasteiger charge is -2.41. The molecule has 0 saturated carbocycles. The molecule has 0 aromatic heterocycles. The summed E-state index contributed by atoms with van der Waals surface area (Å²) in [5, 5.41) is 3.63. The molecular formula is C12H26N2S. The predicted octanol–water partition coefficient (Wildman–Crippen LogP) is 2.20. The van der Waals surface area contributed by atoms with Crippen LogP contribution >= 0.6 is 11.8 Å². The van der Waals surface area contributed by atoms with Gasteiger partial charge in [0.1, 0.15) is 0 Å². The summed E-state index contributed by atoms with van der Waals surface area (Å²) in [7, 11) is 0. The summed E-state index contributed by atoms with van der Waals surface area (Å²) in [6.45, 7) is 11.8. The van der Waals surface area contributed by atoms with Crippen LogP contribution in [0.15, 0.2) is 0 Å². The van der Waals surface area contributed by atoms with Crippen molar-refractivity contribution in [3.63, 3.8) is 0 Å². The van der Waals surface area contributed by atoms with E-state index in [2.05, 4.69) is 42.7 Å². The van der Waals surface area contributed by atoms with Gasteiger partial charge in [0.2, 0.25) is 0 Å². The molecule has 2 nitrogen and oxygen atoms in total. The molecule has 3 heteroatoms. The Hall–Kier alpha value is 0.270. The summed E-state index contributed by atoms with van der Waals surface area (Å²) in [4.78, 5) is 2.62. The Morgan fingerprint density at radius 3 is 2.87 bits per heavy atom. The zero-order valence-corrected chi connectivity index (χ0v) is 11.3. The average molecular weight is 230 g/mol. The van der Waals surface area contributed by atoms with Gasteiger partial charge in [-0.05, 0) is 37.8 Å². The van der Waals surface area contributed by atoms with Crippen LogP contribution in [0.25, 0.3) is 0 Å². The molecule has 0 radical (unpaired) electrons. The Morgan fingerprint density at radius 2 is 2.20 bits per heavy atom. The summed E-state index contributed by atoms with van der Waals surface area (Å²) in [6, 6.07) is 0. The van der Waals surface area contributed by atoms with Crippen LogP contribution in [-0.2, 0) is 0 Å². The third kappa shape index (κ3) is 4.75. The maximum Gasteiger partial charge on any atom is 0.0278 e. The van der Waals surface area contributed by atoms with E-state index in [4.69, 9.17) is 0 Å². The van der Waals surface area contributed by atoms with Crippen LogP contribution in [0.5, 0.6) is 0 Å². The fraction of sp³-hybridized carbons (Fsp3) is 1.00. The molecule has 0 aromatic rings. The highest BCUT2D eigenvalue weighted by Crippen LogP contribution is 2.15. The van der Waals surface area contributed by atoms with E-state index < -0.39 is 0 Å². The second-order valence-corrected chi connectivity index (χ2v) is 6.06. The first-order valence-corrected chi connectivity index (χ1v) is 7.41. The highest BCUT2D eigenvalue weighted by molar-refractivity contribution is 7.99. The van der Waals surface area contributed by atoms with Gasteiger partial charge in [0.25, 0.3) is 0 Å². The highest BCUT2D eigenvalue weighted by atomic mass is 32.2. The predicted molar refractivity (Wildman–Crippen MR) is 70.8 cm³/mol. The van der Waals surface area contributed by atoms with Gasteiger partial charge in [-0.2, -0.15) is 11.8 Å². The Morgan fingerprint density at radius 1 is 1.40 bits per heavy atom. The minimum absolute atomic E-state index is 0.357. The van der Waals surface area contributed by atoms with Crippen molar-refractivity contribution in [2.24, 2.45) is 0 Å². The van der Waals surface area contributed by atoms with Gasteiger partial charge in [0.05, 0.1) is 0 Å². The molecule has 1 rings (SSSR count). The van der Waals surface area contributed by atoms with E-state index in [1.165, 1.54) is 44.0 Å². The molecule has 0 spiro atoms. The molecule has 1 heterocycles. The van der Waals surface area contributed by atoms with E-state index in [0.29, 0.717) is 5.54 Å². The number of rotatable bonds is 6. The molecule has 1 aliphatic heterocycles. The van der Waals surface area contributed by atoms with Crippen LogP contribution in [0.2, 0.25) is 0 Å². The van der Waals surface area contributed by atoms with Gasteiger partial charge in [-0.15, -0.1) is 0 Å². The average Bonchev–Trinajstić information content (AvgIpc) is 2.25. The third-order valence-corrected chi connectivity index (χ3v) is 4.29. The maximum absolute atomic E-state index is 3.63. The SMILES string of the molecule is CCSCCCN1CCNC(C)(CC)C1. The summed E-state index contributed by atoms with van der Waals surface area (Å²) in [5.41, 5.74) is 0.357. The van der Waals surface area contributed by atoms with Gasteiger partial charge < -0.3 is 10.2 Å². The lowest BCUT2D eigenvalue weighted by molar-refractivity contribution is 0.140. The van der Waals surface area contributed by atoms with Crippen molar-refractivity contribution < 1.29 is 0 Å². The second kappa shape index (κ2) is 6.77. The minimum atomic E-state index is 0.357. The summed E-state index contributed by atoms with van der Waals surface area (Å²) in [6.07, 6.45) is 2.57. The maximum atomic E-state index is 3.63. The Bertz CT molecular complexity index is 175. The van der Waals surface area contributed by atoms with Crippen molar-refractivity contribution in [3.05, 3.63) is 0 Å². The molecule has 1 atom stereocenters. The molecule has 0 aliphatic carbocycles. The van der Waals surface area contributed by atoms with Crippen LogP contribution in [0.3, 0.4) is 0 Å². The summed E-state index contributed by atoms with van der Waals surface area (Å²) >= 11 is 2.06. The largest absolute Gasteiger partial charge is 0.309 e. The smallest absolute Gasteiger partial charge is 0.0278 e. The topological polar surface area (TPSA) is 15.3 Å². The standard InChI is InChI=1S/C12H26N2S/c1-4-12(3)11-14(9-7-13-12)8-6-10-15-5-2/h13H,4-11H2,1-3H3. The first-order valence-electron chi connectivity index (χ1n) is 6.25. The van der Waals surface area contributed by atoms with Crippen molar-refractivity contribution in [1.82, 2.24) is 10.2 Å². The summed E-state index contributed by atoms with van der Waals surface area (Å²) in [5.74, 6) is 2.58. The van der Waals surface area contributed by atoms with Crippen LogP contribution in [0.1, 0.15) is 33.6 Å². The Labute approximate surface area is 99.2 Å². The van der Waals surface area contributed by atoms with Gasteiger partial charge >= 0.3 is 0 Å².